The smallest absolute Gasteiger partial charge is 0.327 e. The number of aliphatic carboxylic acids is 1. The van der Waals surface area contributed by atoms with Crippen molar-refractivity contribution in [2.45, 2.75) is 26.3 Å². The topological polar surface area (TPSA) is 57.6 Å². The molecule has 0 spiro atoms. The first-order chi connectivity index (χ1) is 10.9. The molecule has 0 aromatic heterocycles. The van der Waals surface area contributed by atoms with Crippen LogP contribution in [0.25, 0.3) is 6.08 Å². The highest BCUT2D eigenvalue weighted by molar-refractivity contribution is 8.26. The van der Waals surface area contributed by atoms with Crippen LogP contribution < -0.4 is 0 Å². The molecule has 1 fully saturated rings. The van der Waals surface area contributed by atoms with E-state index < -0.39 is 12.0 Å². The molecule has 4 nitrogen and oxygen atoms in total. The van der Waals surface area contributed by atoms with E-state index in [1.54, 1.807) is 31.2 Å². The lowest BCUT2D eigenvalue weighted by molar-refractivity contribution is -0.147. The van der Waals surface area contributed by atoms with Gasteiger partial charge in [-0.05, 0) is 23.6 Å². The Bertz CT molecular complexity index is 690. The Balaban J connectivity index is 2.36. The van der Waals surface area contributed by atoms with Gasteiger partial charge in [0.1, 0.15) is 10.4 Å². The number of rotatable bonds is 5. The summed E-state index contributed by atoms with van der Waals surface area (Å²) in [6.07, 6.45) is 2.29. The largest absolute Gasteiger partial charge is 0.480 e. The van der Waals surface area contributed by atoms with Gasteiger partial charge in [-0.3, -0.25) is 9.69 Å². The summed E-state index contributed by atoms with van der Waals surface area (Å²) in [5, 5.41) is 10.0. The number of carbonyl (C=O) groups excluding carboxylic acids is 1. The van der Waals surface area contributed by atoms with E-state index in [-0.39, 0.29) is 16.1 Å². The van der Waals surface area contributed by atoms with Crippen LogP contribution in [0.1, 0.15) is 25.8 Å². The highest BCUT2D eigenvalue weighted by atomic mass is 35.5. The second-order valence-electron chi connectivity index (χ2n) is 5.24. The number of benzene rings is 1. The predicted octanol–water partition coefficient (Wildman–Crippen LogP) is 4.04. The van der Waals surface area contributed by atoms with Crippen LogP contribution in [0.4, 0.5) is 0 Å². The molecule has 23 heavy (non-hydrogen) atoms. The lowest BCUT2D eigenvalue weighted by Crippen LogP contribution is -2.47. The summed E-state index contributed by atoms with van der Waals surface area (Å²) in [6.45, 7) is 3.69. The Morgan fingerprint density at radius 3 is 2.70 bits per heavy atom. The van der Waals surface area contributed by atoms with Crippen molar-refractivity contribution >= 4 is 57.9 Å². The van der Waals surface area contributed by atoms with Crippen molar-refractivity contribution in [1.82, 2.24) is 4.90 Å². The summed E-state index contributed by atoms with van der Waals surface area (Å²) in [5.41, 5.74) is 0.699. The Morgan fingerprint density at radius 2 is 2.13 bits per heavy atom. The molecule has 2 rings (SSSR count). The van der Waals surface area contributed by atoms with E-state index in [9.17, 15) is 14.7 Å². The molecule has 2 atom stereocenters. The number of amides is 1. The van der Waals surface area contributed by atoms with E-state index in [0.717, 1.165) is 11.8 Å². The standard InChI is InChI=1S/C16H16ClNO3S2/c1-3-9(2)13(15(20)21)18-14(19)12(23-16(18)22)8-10-6-4-5-7-11(10)17/h4-9,13H,3H2,1-2H3,(H,20,21)/b12-8-. The number of nitrogens with zero attached hydrogens (tertiary/aromatic N) is 1. The Hall–Kier alpha value is -1.37. The zero-order valence-corrected chi connectivity index (χ0v) is 15.0. The minimum absolute atomic E-state index is 0.199. The molecule has 2 unspecified atom stereocenters. The van der Waals surface area contributed by atoms with Crippen molar-refractivity contribution in [1.29, 1.82) is 0 Å². The molecule has 1 amide bonds. The van der Waals surface area contributed by atoms with Crippen LogP contribution in [0.2, 0.25) is 5.02 Å². The van der Waals surface area contributed by atoms with E-state index in [1.165, 1.54) is 4.90 Å². The Kier molecular flexibility index (Phi) is 5.84. The van der Waals surface area contributed by atoms with Crippen molar-refractivity contribution in [2.24, 2.45) is 5.92 Å². The SMILES string of the molecule is CCC(C)C(C(=O)O)N1C(=O)/C(=C/c2ccccc2Cl)SC1=S. The molecule has 1 aliphatic heterocycles. The van der Waals surface area contributed by atoms with Crippen LogP contribution in [-0.4, -0.2) is 32.2 Å². The summed E-state index contributed by atoms with van der Waals surface area (Å²) >= 11 is 12.4. The third kappa shape index (κ3) is 3.76. The van der Waals surface area contributed by atoms with Gasteiger partial charge in [0, 0.05) is 5.02 Å². The Labute approximate surface area is 149 Å². The van der Waals surface area contributed by atoms with Crippen molar-refractivity contribution in [3.63, 3.8) is 0 Å². The van der Waals surface area contributed by atoms with Gasteiger partial charge in [0.2, 0.25) is 0 Å². The van der Waals surface area contributed by atoms with Crippen LogP contribution in [0.3, 0.4) is 0 Å². The highest BCUT2D eigenvalue weighted by Gasteiger charge is 2.42. The minimum atomic E-state index is -1.05. The third-order valence-electron chi connectivity index (χ3n) is 3.73. The van der Waals surface area contributed by atoms with E-state index in [4.69, 9.17) is 23.8 Å². The lowest BCUT2D eigenvalue weighted by Gasteiger charge is -2.27. The van der Waals surface area contributed by atoms with E-state index >= 15 is 0 Å². The van der Waals surface area contributed by atoms with Gasteiger partial charge >= 0.3 is 5.97 Å². The molecule has 1 saturated heterocycles. The van der Waals surface area contributed by atoms with Crippen LogP contribution in [-0.2, 0) is 9.59 Å². The number of thioether (sulfide) groups is 1. The van der Waals surface area contributed by atoms with Gasteiger partial charge in [-0.25, -0.2) is 4.79 Å². The normalized spacial score (nSPS) is 19.3. The second kappa shape index (κ2) is 7.47. The van der Waals surface area contributed by atoms with Gasteiger partial charge in [-0.15, -0.1) is 0 Å². The summed E-state index contributed by atoms with van der Waals surface area (Å²) in [7, 11) is 0. The van der Waals surface area contributed by atoms with E-state index in [1.807, 2.05) is 13.0 Å². The molecule has 1 aromatic rings. The average molecular weight is 370 g/mol. The molecule has 1 heterocycles. The first-order valence-corrected chi connectivity index (χ1v) is 8.71. The first-order valence-electron chi connectivity index (χ1n) is 7.11. The molecular weight excluding hydrogens is 354 g/mol. The molecule has 1 N–H and O–H groups in total. The van der Waals surface area contributed by atoms with Gasteiger partial charge in [-0.2, -0.15) is 0 Å². The average Bonchev–Trinajstić information content (AvgIpc) is 2.77. The van der Waals surface area contributed by atoms with Gasteiger partial charge < -0.3 is 5.11 Å². The Morgan fingerprint density at radius 1 is 1.48 bits per heavy atom. The highest BCUT2D eigenvalue weighted by Crippen LogP contribution is 2.36. The molecule has 1 aliphatic rings. The second-order valence-corrected chi connectivity index (χ2v) is 7.32. The molecule has 0 aliphatic carbocycles. The number of hydrogen-bond acceptors (Lipinski definition) is 4. The fourth-order valence-corrected chi connectivity index (χ4v) is 3.80. The van der Waals surface area contributed by atoms with Crippen LogP contribution in [0.15, 0.2) is 29.2 Å². The van der Waals surface area contributed by atoms with Crippen molar-refractivity contribution in [3.05, 3.63) is 39.8 Å². The number of thiocarbonyl (C=S) groups is 1. The van der Waals surface area contributed by atoms with Gasteiger partial charge in [0.15, 0.2) is 0 Å². The number of carboxylic acids is 1. The minimum Gasteiger partial charge on any atom is -0.480 e. The molecule has 0 saturated carbocycles. The van der Waals surface area contributed by atoms with Crippen molar-refractivity contribution < 1.29 is 14.7 Å². The third-order valence-corrected chi connectivity index (χ3v) is 5.40. The number of hydrogen-bond donors (Lipinski definition) is 1. The molecule has 0 radical (unpaired) electrons. The van der Waals surface area contributed by atoms with Crippen LogP contribution in [0, 0.1) is 5.92 Å². The maximum atomic E-state index is 12.6. The lowest BCUT2D eigenvalue weighted by atomic mass is 9.98. The molecule has 122 valence electrons. The number of carboxylic acid groups (broad SMARTS) is 1. The van der Waals surface area contributed by atoms with Crippen LogP contribution >= 0.6 is 35.6 Å². The molecule has 0 bridgehead atoms. The quantitative estimate of drug-likeness (QED) is 0.627. The summed E-state index contributed by atoms with van der Waals surface area (Å²) in [4.78, 5) is 25.8. The maximum absolute atomic E-state index is 12.6. The van der Waals surface area contributed by atoms with Gasteiger partial charge in [0.05, 0.1) is 4.91 Å². The zero-order chi connectivity index (χ0) is 17.1. The van der Waals surface area contributed by atoms with Gasteiger partial charge in [-0.1, -0.05) is 74.0 Å². The maximum Gasteiger partial charge on any atom is 0.327 e. The molecule has 1 aromatic carbocycles. The molecular formula is C16H16ClNO3S2. The zero-order valence-electron chi connectivity index (χ0n) is 12.7. The summed E-state index contributed by atoms with van der Waals surface area (Å²) in [6, 6.07) is 6.18. The van der Waals surface area contributed by atoms with E-state index in [0.29, 0.717) is 21.9 Å². The van der Waals surface area contributed by atoms with E-state index in [2.05, 4.69) is 0 Å². The predicted molar refractivity (Wildman–Crippen MR) is 97.3 cm³/mol. The first kappa shape index (κ1) is 18.0. The fourth-order valence-electron chi connectivity index (χ4n) is 2.28. The number of carbonyl (C=O) groups is 2. The molecule has 7 heteroatoms. The summed E-state index contributed by atoms with van der Waals surface area (Å²) < 4.78 is 0.265. The summed E-state index contributed by atoms with van der Waals surface area (Å²) in [5.74, 6) is -1.63. The van der Waals surface area contributed by atoms with Crippen LogP contribution in [0.5, 0.6) is 0 Å². The van der Waals surface area contributed by atoms with Gasteiger partial charge in [0.25, 0.3) is 5.91 Å². The van der Waals surface area contributed by atoms with Crippen molar-refractivity contribution in [2.75, 3.05) is 0 Å². The fraction of sp³-hybridized carbons (Fsp3) is 0.312. The number of halogens is 1. The van der Waals surface area contributed by atoms with Crippen molar-refractivity contribution in [3.8, 4) is 0 Å². The monoisotopic (exact) mass is 369 g/mol.